The Hall–Kier alpha value is -2.16. The first kappa shape index (κ1) is 20.2. The molecule has 1 saturated heterocycles. The Morgan fingerprint density at radius 3 is 2.46 bits per heavy atom. The fourth-order valence-corrected chi connectivity index (χ4v) is 3.62. The third-order valence-corrected chi connectivity index (χ3v) is 5.06. The van der Waals surface area contributed by atoms with Crippen LogP contribution in [0.4, 0.5) is 0 Å². The number of nitrogens with one attached hydrogen (secondary N) is 1. The van der Waals surface area contributed by atoms with Crippen molar-refractivity contribution in [3.63, 3.8) is 0 Å². The predicted molar refractivity (Wildman–Crippen MR) is 92.2 cm³/mol. The van der Waals surface area contributed by atoms with Gasteiger partial charge in [-0.15, -0.1) is 0 Å². The quantitative estimate of drug-likeness (QED) is 0.503. The largest absolute Gasteiger partial charge is 0.497 e. The molecule has 0 aromatic heterocycles. The summed E-state index contributed by atoms with van der Waals surface area (Å²) in [5.41, 5.74) is 1.85. The minimum atomic E-state index is -2.27. The number of rotatable bonds is 5. The van der Waals surface area contributed by atoms with E-state index in [1.165, 1.54) is 31.2 Å². The van der Waals surface area contributed by atoms with Crippen LogP contribution in [-0.2, 0) is 15.0 Å². The van der Waals surface area contributed by atoms with E-state index in [1.807, 2.05) is 6.07 Å². The van der Waals surface area contributed by atoms with Crippen LogP contribution in [0.3, 0.4) is 0 Å². The summed E-state index contributed by atoms with van der Waals surface area (Å²) >= 11 is 0. The van der Waals surface area contributed by atoms with Crippen LogP contribution in [0.15, 0.2) is 24.3 Å². The second-order valence-corrected chi connectivity index (χ2v) is 6.75. The normalized spacial score (nSPS) is 26.2. The molecule has 0 radical (unpaired) electrons. The van der Waals surface area contributed by atoms with Gasteiger partial charge in [-0.25, -0.2) is 9.59 Å². The molecule has 1 heterocycles. The molecule has 0 spiro atoms. The van der Waals surface area contributed by atoms with E-state index in [4.69, 9.17) is 25.2 Å². The molecule has 1 saturated carbocycles. The highest BCUT2D eigenvalue weighted by Gasteiger charge is 2.42. The molecule has 8 heteroatoms. The maximum Gasteiger partial charge on any atom is 0.335 e. The van der Waals surface area contributed by atoms with Gasteiger partial charge in [0.05, 0.1) is 7.11 Å². The average molecular weight is 367 g/mol. The number of hydrogen-bond acceptors (Lipinski definition) is 6. The van der Waals surface area contributed by atoms with Crippen LogP contribution in [0.5, 0.6) is 5.75 Å². The van der Waals surface area contributed by atoms with Crippen LogP contribution < -0.4 is 10.1 Å². The highest BCUT2D eigenvalue weighted by atomic mass is 16.5. The molecule has 3 rings (SSSR count). The van der Waals surface area contributed by atoms with E-state index in [-0.39, 0.29) is 0 Å². The molecule has 2 aliphatic rings. The van der Waals surface area contributed by atoms with Gasteiger partial charge >= 0.3 is 11.9 Å². The van der Waals surface area contributed by atoms with Crippen LogP contribution >= 0.6 is 0 Å². The van der Waals surface area contributed by atoms with E-state index in [2.05, 4.69) is 23.5 Å². The van der Waals surface area contributed by atoms with E-state index < -0.39 is 24.1 Å². The first-order valence-electron chi connectivity index (χ1n) is 8.49. The minimum Gasteiger partial charge on any atom is -0.497 e. The van der Waals surface area contributed by atoms with Crippen molar-refractivity contribution in [2.24, 2.45) is 0 Å². The van der Waals surface area contributed by atoms with E-state index in [0.717, 1.165) is 18.3 Å². The van der Waals surface area contributed by atoms with Gasteiger partial charge in [0.2, 0.25) is 0 Å². The Labute approximate surface area is 151 Å². The average Bonchev–Trinajstić information content (AvgIpc) is 2.95. The highest BCUT2D eigenvalue weighted by molar-refractivity contribution is 5.83. The summed E-state index contributed by atoms with van der Waals surface area (Å²) in [6.07, 6.45) is 0.805. The molecule has 1 aromatic carbocycles. The number of carboxylic acid groups (broad SMARTS) is 2. The van der Waals surface area contributed by atoms with Crippen LogP contribution in [0.2, 0.25) is 0 Å². The van der Waals surface area contributed by atoms with Gasteiger partial charge in [-0.2, -0.15) is 0 Å². The Kier molecular flexibility index (Phi) is 6.57. The second kappa shape index (κ2) is 8.48. The lowest BCUT2D eigenvalue weighted by Gasteiger charge is -2.32. The summed E-state index contributed by atoms with van der Waals surface area (Å²) in [5, 5.41) is 36.2. The second-order valence-electron chi connectivity index (χ2n) is 6.75. The Morgan fingerprint density at radius 1 is 1.23 bits per heavy atom. The van der Waals surface area contributed by atoms with Gasteiger partial charge in [0.15, 0.2) is 12.2 Å². The number of ether oxygens (including phenoxy) is 1. The van der Waals surface area contributed by atoms with E-state index in [0.29, 0.717) is 5.41 Å². The molecule has 4 atom stereocenters. The van der Waals surface area contributed by atoms with Crippen molar-refractivity contribution in [1.29, 1.82) is 0 Å². The monoisotopic (exact) mass is 367 g/mol. The van der Waals surface area contributed by atoms with Crippen LogP contribution in [-0.4, -0.2) is 64.3 Å². The number of fused-ring (bicyclic) bond motifs is 2. The lowest BCUT2D eigenvalue weighted by molar-refractivity contribution is -0.165. The number of carboxylic acids is 2. The zero-order chi connectivity index (χ0) is 19.3. The van der Waals surface area contributed by atoms with E-state index >= 15 is 0 Å². The van der Waals surface area contributed by atoms with Gasteiger partial charge < -0.3 is 30.5 Å². The molecule has 8 nitrogen and oxygen atoms in total. The fraction of sp³-hybridized carbons (Fsp3) is 0.556. The third kappa shape index (κ3) is 4.51. The van der Waals surface area contributed by atoms with E-state index in [9.17, 15) is 9.59 Å². The highest BCUT2D eigenvalue weighted by Crippen LogP contribution is 2.43. The number of aliphatic hydroxyl groups is 2. The first-order chi connectivity index (χ1) is 12.3. The summed E-state index contributed by atoms with van der Waals surface area (Å²) in [7, 11) is 1.74. The topological polar surface area (TPSA) is 136 Å². The molecule has 26 heavy (non-hydrogen) atoms. The molecule has 1 aliphatic heterocycles. The summed E-state index contributed by atoms with van der Waals surface area (Å²) in [4.78, 5) is 19.5. The lowest BCUT2D eigenvalue weighted by atomic mass is 9.71. The number of aliphatic carboxylic acids is 2. The molecule has 1 aliphatic carbocycles. The van der Waals surface area contributed by atoms with Crippen molar-refractivity contribution in [3.05, 3.63) is 29.8 Å². The molecule has 2 bridgehead atoms. The number of carbonyl (C=O) groups is 2. The molecule has 5 N–H and O–H groups in total. The smallest absolute Gasteiger partial charge is 0.335 e. The Bertz CT molecular complexity index is 628. The summed E-state index contributed by atoms with van der Waals surface area (Å²) in [5.74, 6) is -2.55. The van der Waals surface area contributed by atoms with Gasteiger partial charge in [-0.1, -0.05) is 18.6 Å². The van der Waals surface area contributed by atoms with Gasteiger partial charge in [-0.05, 0) is 37.0 Å². The molecule has 0 amide bonds. The van der Waals surface area contributed by atoms with Crippen LogP contribution in [0, 0.1) is 0 Å². The maximum absolute atomic E-state index is 9.77. The molecular weight excluding hydrogens is 342 g/mol. The standard InChI is InChI=1S/C14H19NO.C4H6O6/c1-16-13-6-2-4-11(8-13)14-7-3-5-12(9-14)15-10-14;5-1(3(7)8)2(6)4(9)10/h2,4,6,8,12,15H,3,5,7,9-10H2,1H3;1-2,5-6H,(H,7,8)(H,9,10)/t;1-,2-/m.0/s1. The first-order valence-corrected chi connectivity index (χ1v) is 8.49. The lowest BCUT2D eigenvalue weighted by Crippen LogP contribution is -2.39. The maximum atomic E-state index is 9.77. The summed E-state index contributed by atoms with van der Waals surface area (Å²) in [6, 6.07) is 9.38. The fourth-order valence-electron chi connectivity index (χ4n) is 3.62. The Balaban J connectivity index is 0.000000213. The number of methoxy groups -OCH3 is 1. The molecule has 2 unspecified atom stereocenters. The van der Waals surface area contributed by atoms with Crippen molar-refractivity contribution < 1.29 is 34.8 Å². The number of benzene rings is 1. The van der Waals surface area contributed by atoms with Crippen molar-refractivity contribution in [2.45, 2.75) is 49.3 Å². The number of hydrogen-bond donors (Lipinski definition) is 5. The van der Waals surface area contributed by atoms with Crippen LogP contribution in [0.1, 0.15) is 31.2 Å². The predicted octanol–water partition coefficient (Wildman–Crippen LogP) is 0.356. The van der Waals surface area contributed by atoms with Crippen molar-refractivity contribution in [1.82, 2.24) is 5.32 Å². The molecule has 1 aromatic rings. The molecule has 2 fully saturated rings. The van der Waals surface area contributed by atoms with Crippen molar-refractivity contribution in [2.75, 3.05) is 13.7 Å². The zero-order valence-electron chi connectivity index (χ0n) is 14.6. The van der Waals surface area contributed by atoms with Gasteiger partial charge in [0.25, 0.3) is 0 Å². The van der Waals surface area contributed by atoms with Gasteiger partial charge in [0, 0.05) is 18.0 Å². The van der Waals surface area contributed by atoms with Gasteiger partial charge in [-0.3, -0.25) is 0 Å². The number of aliphatic hydroxyl groups excluding tert-OH is 2. The molecule has 144 valence electrons. The SMILES string of the molecule is COc1cccc(C23CCCC(C2)NC3)c1.O=C(O)[C@@H](O)[C@H](O)C(=O)O. The molecular formula is C18H25NO7. The van der Waals surface area contributed by atoms with E-state index in [1.54, 1.807) is 7.11 Å². The third-order valence-electron chi connectivity index (χ3n) is 5.06. The van der Waals surface area contributed by atoms with Crippen LogP contribution in [0.25, 0.3) is 0 Å². The Morgan fingerprint density at radius 2 is 1.88 bits per heavy atom. The zero-order valence-corrected chi connectivity index (χ0v) is 14.6. The summed E-state index contributed by atoms with van der Waals surface area (Å²) < 4.78 is 5.33. The van der Waals surface area contributed by atoms with Crippen molar-refractivity contribution in [3.8, 4) is 5.75 Å². The van der Waals surface area contributed by atoms with Gasteiger partial charge in [0.1, 0.15) is 5.75 Å². The summed E-state index contributed by atoms with van der Waals surface area (Å²) in [6.45, 7) is 1.14. The minimum absolute atomic E-state index is 0.386. The van der Waals surface area contributed by atoms with Crippen molar-refractivity contribution >= 4 is 11.9 Å².